The van der Waals surface area contributed by atoms with Gasteiger partial charge in [-0.2, -0.15) is 0 Å². The monoisotopic (exact) mass is 202 g/mol. The summed E-state index contributed by atoms with van der Waals surface area (Å²) in [5.41, 5.74) is 5.38. The van der Waals surface area contributed by atoms with Crippen molar-refractivity contribution in [2.24, 2.45) is 5.73 Å². The van der Waals surface area contributed by atoms with Crippen LogP contribution in [0.1, 0.15) is 6.42 Å². The predicted octanol–water partition coefficient (Wildman–Crippen LogP) is -0.868. The topological polar surface area (TPSA) is 26.0 Å². The van der Waals surface area contributed by atoms with Crippen LogP contribution >= 0.6 is 11.8 Å². The molecule has 0 aliphatic heterocycles. The molecule has 0 amide bonds. The molecule has 0 heterocycles. The van der Waals surface area contributed by atoms with Crippen LogP contribution in [-0.2, 0) is 0 Å². The van der Waals surface area contributed by atoms with E-state index in [0.29, 0.717) is 0 Å². The lowest BCUT2D eigenvalue weighted by atomic mass is 10.4. The molecule has 68 valence electrons. The van der Waals surface area contributed by atoms with Crippen LogP contribution in [0.25, 0.3) is 0 Å². The molecule has 1 aromatic carbocycles. The molecule has 0 spiro atoms. The van der Waals surface area contributed by atoms with E-state index < -0.39 is 0 Å². The van der Waals surface area contributed by atoms with Crippen LogP contribution in [0.2, 0.25) is 0 Å². The summed E-state index contributed by atoms with van der Waals surface area (Å²) < 4.78 is 0. The van der Waals surface area contributed by atoms with Crippen molar-refractivity contribution < 1.29 is 12.4 Å². The first-order valence-corrected chi connectivity index (χ1v) is 4.80. The summed E-state index contributed by atoms with van der Waals surface area (Å²) >= 11 is 1.86. The van der Waals surface area contributed by atoms with E-state index in [1.165, 1.54) is 4.90 Å². The fourth-order valence-corrected chi connectivity index (χ4v) is 1.69. The number of hydrogen-bond donors (Lipinski definition) is 1. The van der Waals surface area contributed by atoms with Crippen molar-refractivity contribution in [1.29, 1.82) is 0 Å². The highest BCUT2D eigenvalue weighted by molar-refractivity contribution is 7.99. The Morgan fingerprint density at radius 1 is 1.17 bits per heavy atom. The summed E-state index contributed by atoms with van der Waals surface area (Å²) in [6.07, 6.45) is 1.10. The summed E-state index contributed by atoms with van der Waals surface area (Å²) in [6.45, 7) is 0.792. The van der Waals surface area contributed by atoms with Gasteiger partial charge in [-0.15, -0.1) is 11.8 Å². The summed E-state index contributed by atoms with van der Waals surface area (Å²) in [5, 5.41) is 0. The minimum Gasteiger partial charge on any atom is -1.00 e. The van der Waals surface area contributed by atoms with Crippen LogP contribution in [0.5, 0.6) is 0 Å². The molecule has 1 aromatic rings. The largest absolute Gasteiger partial charge is 1.00 e. The molecule has 0 saturated carbocycles. The van der Waals surface area contributed by atoms with E-state index >= 15 is 0 Å². The average molecular weight is 203 g/mol. The van der Waals surface area contributed by atoms with Gasteiger partial charge in [-0.25, -0.2) is 0 Å². The molecule has 0 aromatic heterocycles. The molecular formula is C9H13ClNS-. The Bertz CT molecular complexity index is 191. The average Bonchev–Trinajstić information content (AvgIpc) is 2.07. The van der Waals surface area contributed by atoms with E-state index in [2.05, 4.69) is 24.3 Å². The minimum atomic E-state index is 0. The van der Waals surface area contributed by atoms with Gasteiger partial charge in [0.15, 0.2) is 0 Å². The van der Waals surface area contributed by atoms with E-state index in [-0.39, 0.29) is 12.4 Å². The summed E-state index contributed by atoms with van der Waals surface area (Å²) in [5.74, 6) is 1.13. The van der Waals surface area contributed by atoms with Gasteiger partial charge >= 0.3 is 0 Å². The van der Waals surface area contributed by atoms with Crippen LogP contribution in [0, 0.1) is 0 Å². The third-order valence-corrected chi connectivity index (χ3v) is 2.46. The van der Waals surface area contributed by atoms with Gasteiger partial charge in [0.05, 0.1) is 0 Å². The van der Waals surface area contributed by atoms with Gasteiger partial charge < -0.3 is 18.1 Å². The van der Waals surface area contributed by atoms with Crippen LogP contribution in [0.3, 0.4) is 0 Å². The van der Waals surface area contributed by atoms with Gasteiger partial charge in [-0.1, -0.05) is 18.2 Å². The Labute approximate surface area is 84.1 Å². The number of benzene rings is 1. The zero-order valence-electron chi connectivity index (χ0n) is 6.87. The molecule has 0 aliphatic rings. The van der Waals surface area contributed by atoms with Gasteiger partial charge in [0.2, 0.25) is 0 Å². The zero-order valence-corrected chi connectivity index (χ0v) is 8.44. The van der Waals surface area contributed by atoms with Crippen LogP contribution < -0.4 is 18.1 Å². The second-order valence-electron chi connectivity index (χ2n) is 2.30. The third-order valence-electron chi connectivity index (χ3n) is 1.36. The highest BCUT2D eigenvalue weighted by Gasteiger charge is 1.89. The highest BCUT2D eigenvalue weighted by atomic mass is 35.5. The van der Waals surface area contributed by atoms with Crippen molar-refractivity contribution in [3.63, 3.8) is 0 Å². The van der Waals surface area contributed by atoms with Crippen LogP contribution in [0.4, 0.5) is 0 Å². The fourth-order valence-electron chi connectivity index (χ4n) is 0.790. The lowest BCUT2D eigenvalue weighted by molar-refractivity contribution is -0.00000230. The highest BCUT2D eigenvalue weighted by Crippen LogP contribution is 2.16. The molecular weight excluding hydrogens is 190 g/mol. The first-order valence-electron chi connectivity index (χ1n) is 3.81. The molecule has 2 N–H and O–H groups in total. The lowest BCUT2D eigenvalue weighted by Gasteiger charge is -1.98. The molecule has 1 rings (SSSR count). The fraction of sp³-hybridized carbons (Fsp3) is 0.333. The Hall–Kier alpha value is -0.180. The van der Waals surface area contributed by atoms with Crippen molar-refractivity contribution in [3.8, 4) is 0 Å². The maximum absolute atomic E-state index is 5.38. The quantitative estimate of drug-likeness (QED) is 0.508. The first kappa shape index (κ1) is 11.8. The SMILES string of the molecule is NCCCSc1ccccc1.[Cl-]. The molecule has 1 nitrogen and oxygen atoms in total. The van der Waals surface area contributed by atoms with Crippen molar-refractivity contribution in [1.82, 2.24) is 0 Å². The molecule has 0 bridgehead atoms. The summed E-state index contributed by atoms with van der Waals surface area (Å²) in [7, 11) is 0. The Kier molecular flexibility index (Phi) is 7.36. The second kappa shape index (κ2) is 7.47. The molecule has 0 saturated heterocycles. The second-order valence-corrected chi connectivity index (χ2v) is 3.47. The summed E-state index contributed by atoms with van der Waals surface area (Å²) in [6, 6.07) is 10.4. The van der Waals surface area contributed by atoms with Gasteiger partial charge in [0, 0.05) is 4.90 Å². The first-order chi connectivity index (χ1) is 5.43. The van der Waals surface area contributed by atoms with Crippen LogP contribution in [-0.4, -0.2) is 12.3 Å². The number of nitrogens with two attached hydrogens (primary N) is 1. The third kappa shape index (κ3) is 4.65. The van der Waals surface area contributed by atoms with Gasteiger partial charge in [-0.05, 0) is 30.9 Å². The molecule has 3 heteroatoms. The lowest BCUT2D eigenvalue weighted by Crippen LogP contribution is -3.00. The van der Waals surface area contributed by atoms with E-state index in [0.717, 1.165) is 18.7 Å². The summed E-state index contributed by atoms with van der Waals surface area (Å²) in [4.78, 5) is 1.33. The smallest absolute Gasteiger partial charge is 0.00719 e. The molecule has 12 heavy (non-hydrogen) atoms. The van der Waals surface area contributed by atoms with E-state index in [1.807, 2.05) is 17.8 Å². The zero-order chi connectivity index (χ0) is 7.94. The van der Waals surface area contributed by atoms with Gasteiger partial charge in [-0.3, -0.25) is 0 Å². The van der Waals surface area contributed by atoms with Crippen molar-refractivity contribution in [3.05, 3.63) is 30.3 Å². The number of thioether (sulfide) groups is 1. The van der Waals surface area contributed by atoms with E-state index in [4.69, 9.17) is 5.73 Å². The van der Waals surface area contributed by atoms with Crippen molar-refractivity contribution in [2.75, 3.05) is 12.3 Å². The molecule has 0 atom stereocenters. The number of hydrogen-bond acceptors (Lipinski definition) is 2. The molecule has 0 aliphatic carbocycles. The predicted molar refractivity (Wildman–Crippen MR) is 50.8 cm³/mol. The van der Waals surface area contributed by atoms with Gasteiger partial charge in [0.1, 0.15) is 0 Å². The van der Waals surface area contributed by atoms with Crippen molar-refractivity contribution >= 4 is 11.8 Å². The van der Waals surface area contributed by atoms with Crippen molar-refractivity contribution in [2.45, 2.75) is 11.3 Å². The van der Waals surface area contributed by atoms with Gasteiger partial charge in [0.25, 0.3) is 0 Å². The normalized spacial score (nSPS) is 9.08. The standard InChI is InChI=1S/C9H13NS.ClH/c10-7-4-8-11-9-5-2-1-3-6-9;/h1-3,5-6H,4,7-8,10H2;1H/p-1. The molecule has 0 fully saturated rings. The number of halogens is 1. The molecule has 0 unspecified atom stereocenters. The Morgan fingerprint density at radius 2 is 1.83 bits per heavy atom. The molecule has 0 radical (unpaired) electrons. The van der Waals surface area contributed by atoms with E-state index in [1.54, 1.807) is 0 Å². The minimum absolute atomic E-state index is 0. The maximum Gasteiger partial charge on any atom is 0.00719 e. The maximum atomic E-state index is 5.38. The Morgan fingerprint density at radius 3 is 2.42 bits per heavy atom. The number of rotatable bonds is 4. The van der Waals surface area contributed by atoms with E-state index in [9.17, 15) is 0 Å². The van der Waals surface area contributed by atoms with Crippen LogP contribution in [0.15, 0.2) is 35.2 Å². The Balaban J connectivity index is 0.00000121.